The first-order valence-electron chi connectivity index (χ1n) is 10.3. The second-order valence-electron chi connectivity index (χ2n) is 7.68. The molecule has 3 rings (SSSR count). The molecule has 0 spiro atoms. The second kappa shape index (κ2) is 9.59. The van der Waals surface area contributed by atoms with E-state index in [1.54, 1.807) is 0 Å². The van der Waals surface area contributed by atoms with Crippen molar-refractivity contribution in [3.05, 3.63) is 64.7 Å². The Morgan fingerprint density at radius 3 is 2.48 bits per heavy atom. The predicted molar refractivity (Wildman–Crippen MR) is 114 cm³/mol. The first kappa shape index (κ1) is 20.9. The molecule has 2 aromatic rings. The number of benzene rings is 2. The lowest BCUT2D eigenvalue weighted by Crippen LogP contribution is -2.47. The van der Waals surface area contributed by atoms with Crippen molar-refractivity contribution in [3.63, 3.8) is 0 Å². The van der Waals surface area contributed by atoms with Crippen LogP contribution in [0.3, 0.4) is 0 Å². The standard InChI is InChI=1S/C24H30N2O3/c1-4-19-7-5-6-8-22(19)29-16-23(27)26-13-11-21(12-14-26)25-24(28)20-10-9-17(2)18(3)15-20/h5-10,15,21H,4,11-14,16H2,1-3H3,(H,25,28). The van der Waals surface area contributed by atoms with E-state index in [-0.39, 0.29) is 24.5 Å². The third-order valence-corrected chi connectivity index (χ3v) is 5.66. The largest absolute Gasteiger partial charge is 0.483 e. The Bertz CT molecular complexity index is 870. The SMILES string of the molecule is CCc1ccccc1OCC(=O)N1CCC(NC(=O)c2ccc(C)c(C)c2)CC1. The topological polar surface area (TPSA) is 58.6 Å². The van der Waals surface area contributed by atoms with Crippen LogP contribution in [-0.2, 0) is 11.2 Å². The fraction of sp³-hybridized carbons (Fsp3) is 0.417. The summed E-state index contributed by atoms with van der Waals surface area (Å²) in [5, 5.41) is 3.11. The lowest BCUT2D eigenvalue weighted by Gasteiger charge is -2.32. The zero-order valence-electron chi connectivity index (χ0n) is 17.5. The Kier molecular flexibility index (Phi) is 6.91. The molecule has 1 aliphatic heterocycles. The summed E-state index contributed by atoms with van der Waals surface area (Å²) in [6.07, 6.45) is 2.39. The summed E-state index contributed by atoms with van der Waals surface area (Å²) in [7, 11) is 0. The lowest BCUT2D eigenvalue weighted by molar-refractivity contribution is -0.134. The van der Waals surface area contributed by atoms with Crippen LogP contribution in [0.4, 0.5) is 0 Å². The second-order valence-corrected chi connectivity index (χ2v) is 7.68. The molecule has 1 saturated heterocycles. The fourth-order valence-electron chi connectivity index (χ4n) is 3.59. The molecule has 0 radical (unpaired) electrons. The van der Waals surface area contributed by atoms with Crippen LogP contribution in [-0.4, -0.2) is 42.5 Å². The number of carbonyl (C=O) groups is 2. The Morgan fingerprint density at radius 2 is 1.79 bits per heavy atom. The van der Waals surface area contributed by atoms with E-state index in [2.05, 4.69) is 12.2 Å². The monoisotopic (exact) mass is 394 g/mol. The highest BCUT2D eigenvalue weighted by Crippen LogP contribution is 2.19. The fourth-order valence-corrected chi connectivity index (χ4v) is 3.59. The van der Waals surface area contributed by atoms with Gasteiger partial charge in [0.2, 0.25) is 0 Å². The summed E-state index contributed by atoms with van der Waals surface area (Å²) < 4.78 is 5.75. The minimum absolute atomic E-state index is 0.00478. The van der Waals surface area contributed by atoms with Gasteiger partial charge in [-0.1, -0.05) is 31.2 Å². The number of piperidine rings is 1. The van der Waals surface area contributed by atoms with Gasteiger partial charge in [0.05, 0.1) is 0 Å². The zero-order chi connectivity index (χ0) is 20.8. The van der Waals surface area contributed by atoms with Gasteiger partial charge in [0.25, 0.3) is 11.8 Å². The van der Waals surface area contributed by atoms with E-state index in [1.807, 2.05) is 61.2 Å². The van der Waals surface area contributed by atoms with Gasteiger partial charge in [0.15, 0.2) is 6.61 Å². The molecule has 0 aliphatic carbocycles. The summed E-state index contributed by atoms with van der Waals surface area (Å²) in [5.41, 5.74) is 4.09. The van der Waals surface area contributed by atoms with Crippen molar-refractivity contribution in [3.8, 4) is 5.75 Å². The smallest absolute Gasteiger partial charge is 0.260 e. The number of hydrogen-bond donors (Lipinski definition) is 1. The molecule has 1 N–H and O–H groups in total. The van der Waals surface area contributed by atoms with Crippen LogP contribution in [0.1, 0.15) is 46.8 Å². The maximum Gasteiger partial charge on any atom is 0.260 e. The highest BCUT2D eigenvalue weighted by Gasteiger charge is 2.24. The lowest BCUT2D eigenvalue weighted by atomic mass is 10.0. The number of amides is 2. The normalized spacial score (nSPS) is 14.5. The average molecular weight is 395 g/mol. The first-order valence-corrected chi connectivity index (χ1v) is 10.3. The van der Waals surface area contributed by atoms with Crippen molar-refractivity contribution < 1.29 is 14.3 Å². The van der Waals surface area contributed by atoms with E-state index in [9.17, 15) is 9.59 Å². The number of nitrogens with one attached hydrogen (secondary N) is 1. The van der Waals surface area contributed by atoms with Crippen molar-refractivity contribution in [1.82, 2.24) is 10.2 Å². The number of nitrogens with zero attached hydrogens (tertiary/aromatic N) is 1. The van der Waals surface area contributed by atoms with Gasteiger partial charge >= 0.3 is 0 Å². The minimum Gasteiger partial charge on any atom is -0.483 e. The van der Waals surface area contributed by atoms with E-state index in [4.69, 9.17) is 4.74 Å². The van der Waals surface area contributed by atoms with Gasteiger partial charge in [-0.3, -0.25) is 9.59 Å². The van der Waals surface area contributed by atoms with Crippen LogP contribution in [0.5, 0.6) is 5.75 Å². The highest BCUT2D eigenvalue weighted by atomic mass is 16.5. The molecule has 0 saturated carbocycles. The van der Waals surface area contributed by atoms with Crippen molar-refractivity contribution >= 4 is 11.8 Å². The zero-order valence-corrected chi connectivity index (χ0v) is 17.5. The van der Waals surface area contributed by atoms with Gasteiger partial charge in [0.1, 0.15) is 5.75 Å². The molecule has 5 heteroatoms. The van der Waals surface area contributed by atoms with Gasteiger partial charge in [-0.05, 0) is 68.0 Å². The number of carbonyl (C=O) groups excluding carboxylic acids is 2. The summed E-state index contributed by atoms with van der Waals surface area (Å²) >= 11 is 0. The number of para-hydroxylation sites is 1. The molecule has 29 heavy (non-hydrogen) atoms. The molecule has 5 nitrogen and oxygen atoms in total. The maximum absolute atomic E-state index is 12.5. The Labute approximate surface area is 173 Å². The molecule has 0 atom stereocenters. The van der Waals surface area contributed by atoms with Crippen LogP contribution < -0.4 is 10.1 Å². The Hall–Kier alpha value is -2.82. The van der Waals surface area contributed by atoms with Crippen LogP contribution in [0, 0.1) is 13.8 Å². The summed E-state index contributed by atoms with van der Waals surface area (Å²) in [6, 6.07) is 13.7. The molecule has 0 aromatic heterocycles. The van der Waals surface area contributed by atoms with E-state index < -0.39 is 0 Å². The van der Waals surface area contributed by atoms with E-state index in [0.29, 0.717) is 18.7 Å². The number of ether oxygens (including phenoxy) is 1. The van der Waals surface area contributed by atoms with Crippen LogP contribution in [0.25, 0.3) is 0 Å². The predicted octanol–water partition coefficient (Wildman–Crippen LogP) is 3.67. The molecule has 2 aromatic carbocycles. The van der Waals surface area contributed by atoms with Crippen LogP contribution in [0.2, 0.25) is 0 Å². The summed E-state index contributed by atoms with van der Waals surface area (Å²) in [6.45, 7) is 7.44. The van der Waals surface area contributed by atoms with Gasteiger partial charge < -0.3 is 15.0 Å². The molecule has 0 unspecified atom stereocenters. The first-order chi connectivity index (χ1) is 14.0. The van der Waals surface area contributed by atoms with Gasteiger partial charge in [-0.15, -0.1) is 0 Å². The van der Waals surface area contributed by atoms with Crippen molar-refractivity contribution in [2.45, 2.75) is 46.1 Å². The summed E-state index contributed by atoms with van der Waals surface area (Å²) in [4.78, 5) is 26.8. The quantitative estimate of drug-likeness (QED) is 0.813. The number of hydrogen-bond acceptors (Lipinski definition) is 3. The number of rotatable bonds is 6. The number of aryl methyl sites for hydroxylation is 3. The summed E-state index contributed by atoms with van der Waals surface area (Å²) in [5.74, 6) is 0.728. The third-order valence-electron chi connectivity index (χ3n) is 5.66. The highest BCUT2D eigenvalue weighted by molar-refractivity contribution is 5.94. The van der Waals surface area contributed by atoms with Crippen molar-refractivity contribution in [1.29, 1.82) is 0 Å². The van der Waals surface area contributed by atoms with Crippen molar-refractivity contribution in [2.24, 2.45) is 0 Å². The van der Waals surface area contributed by atoms with Crippen molar-refractivity contribution in [2.75, 3.05) is 19.7 Å². The van der Waals surface area contributed by atoms with E-state index >= 15 is 0 Å². The maximum atomic E-state index is 12.5. The van der Waals surface area contributed by atoms with Gasteiger partial charge in [-0.2, -0.15) is 0 Å². The van der Waals surface area contributed by atoms with Crippen LogP contribution >= 0.6 is 0 Å². The molecular weight excluding hydrogens is 364 g/mol. The number of likely N-dealkylation sites (tertiary alicyclic amines) is 1. The minimum atomic E-state index is -0.0441. The molecular formula is C24H30N2O3. The molecule has 1 heterocycles. The molecule has 154 valence electrons. The Balaban J connectivity index is 1.46. The molecule has 2 amide bonds. The average Bonchev–Trinajstić information content (AvgIpc) is 2.74. The van der Waals surface area contributed by atoms with E-state index in [0.717, 1.165) is 36.1 Å². The molecule has 1 aliphatic rings. The van der Waals surface area contributed by atoms with Crippen LogP contribution in [0.15, 0.2) is 42.5 Å². The van der Waals surface area contributed by atoms with Gasteiger partial charge in [-0.25, -0.2) is 0 Å². The van der Waals surface area contributed by atoms with E-state index in [1.165, 1.54) is 5.56 Å². The Morgan fingerprint density at radius 1 is 1.07 bits per heavy atom. The third kappa shape index (κ3) is 5.37. The molecule has 0 bridgehead atoms. The molecule has 1 fully saturated rings. The van der Waals surface area contributed by atoms with Gasteiger partial charge in [0, 0.05) is 24.7 Å².